The predicted octanol–water partition coefficient (Wildman–Crippen LogP) is 5.95. The van der Waals surface area contributed by atoms with Crippen LogP contribution in [-0.2, 0) is 22.4 Å². The number of benzene rings is 1. The van der Waals surface area contributed by atoms with E-state index in [1.807, 2.05) is 26.0 Å². The molecule has 0 radical (unpaired) electrons. The number of rotatable bonds is 9. The summed E-state index contributed by atoms with van der Waals surface area (Å²) in [4.78, 5) is 26.3. The highest BCUT2D eigenvalue weighted by Crippen LogP contribution is 2.38. The second kappa shape index (κ2) is 10.8. The lowest BCUT2D eigenvalue weighted by Crippen LogP contribution is -2.16. The molecule has 30 heavy (non-hydrogen) atoms. The lowest BCUT2D eigenvalue weighted by Gasteiger charge is -2.12. The lowest BCUT2D eigenvalue weighted by atomic mass is 9.95. The summed E-state index contributed by atoms with van der Waals surface area (Å²) in [5.74, 6) is 0.328. The van der Waals surface area contributed by atoms with Crippen molar-refractivity contribution in [3.8, 4) is 5.75 Å². The van der Waals surface area contributed by atoms with Crippen LogP contribution in [0.1, 0.15) is 65.4 Å². The van der Waals surface area contributed by atoms with Gasteiger partial charge in [0.1, 0.15) is 10.8 Å². The SMILES string of the molecule is CCCOC(=O)c1c(NC(=O)CCCOc2ccc(Cl)cc2C)sc2c1CCCC2. The zero-order valence-corrected chi connectivity index (χ0v) is 19.1. The summed E-state index contributed by atoms with van der Waals surface area (Å²) in [6.45, 7) is 4.72. The van der Waals surface area contributed by atoms with E-state index in [0.717, 1.165) is 49.0 Å². The smallest absolute Gasteiger partial charge is 0.341 e. The molecule has 1 aromatic carbocycles. The van der Waals surface area contributed by atoms with Crippen LogP contribution >= 0.6 is 22.9 Å². The van der Waals surface area contributed by atoms with E-state index in [-0.39, 0.29) is 11.9 Å². The number of hydrogen-bond acceptors (Lipinski definition) is 5. The second-order valence-electron chi connectivity index (χ2n) is 7.46. The second-order valence-corrected chi connectivity index (χ2v) is 9.00. The third-order valence-corrected chi connectivity index (χ3v) is 6.45. The normalized spacial score (nSPS) is 12.9. The van der Waals surface area contributed by atoms with Crippen LogP contribution in [-0.4, -0.2) is 25.1 Å². The summed E-state index contributed by atoms with van der Waals surface area (Å²) in [5, 5.41) is 4.25. The molecule has 0 spiro atoms. The molecule has 1 heterocycles. The van der Waals surface area contributed by atoms with Gasteiger partial charge < -0.3 is 14.8 Å². The summed E-state index contributed by atoms with van der Waals surface area (Å²) in [7, 11) is 0. The molecular weight excluding hydrogens is 422 g/mol. The maximum absolute atomic E-state index is 12.6. The van der Waals surface area contributed by atoms with Crippen molar-refractivity contribution in [1.82, 2.24) is 0 Å². The average Bonchev–Trinajstić information content (AvgIpc) is 3.08. The molecule has 0 fully saturated rings. The third kappa shape index (κ3) is 5.76. The Balaban J connectivity index is 1.57. The zero-order valence-electron chi connectivity index (χ0n) is 17.5. The number of hydrogen-bond donors (Lipinski definition) is 1. The number of halogens is 1. The standard InChI is InChI=1S/C23H28ClNO4S/c1-3-12-29-23(27)21-17-7-4-5-8-19(17)30-22(21)25-20(26)9-6-13-28-18-11-10-16(24)14-15(18)2/h10-11,14H,3-9,12-13H2,1-2H3,(H,25,26). The van der Waals surface area contributed by atoms with E-state index in [0.29, 0.717) is 41.6 Å². The number of esters is 1. The Bertz CT molecular complexity index is 909. The van der Waals surface area contributed by atoms with Gasteiger partial charge in [-0.1, -0.05) is 18.5 Å². The molecule has 0 saturated carbocycles. The minimum Gasteiger partial charge on any atom is -0.493 e. The maximum atomic E-state index is 12.6. The van der Waals surface area contributed by atoms with Crippen LogP contribution in [0.5, 0.6) is 5.75 Å². The molecule has 0 bridgehead atoms. The van der Waals surface area contributed by atoms with E-state index in [2.05, 4.69) is 5.32 Å². The Morgan fingerprint density at radius 2 is 2.00 bits per heavy atom. The molecule has 0 aliphatic heterocycles. The summed E-state index contributed by atoms with van der Waals surface area (Å²) in [6.07, 6.45) is 5.67. The zero-order chi connectivity index (χ0) is 21.5. The van der Waals surface area contributed by atoms with Crippen molar-refractivity contribution >= 4 is 39.8 Å². The van der Waals surface area contributed by atoms with E-state index in [9.17, 15) is 9.59 Å². The molecule has 1 N–H and O–H groups in total. The van der Waals surface area contributed by atoms with Gasteiger partial charge in [0.15, 0.2) is 0 Å². The van der Waals surface area contributed by atoms with Crippen LogP contribution < -0.4 is 10.1 Å². The Morgan fingerprint density at radius 1 is 1.20 bits per heavy atom. The van der Waals surface area contributed by atoms with Gasteiger partial charge in [-0.25, -0.2) is 4.79 Å². The van der Waals surface area contributed by atoms with Crippen molar-refractivity contribution in [1.29, 1.82) is 0 Å². The average molecular weight is 450 g/mol. The first-order valence-corrected chi connectivity index (χ1v) is 11.7. The molecule has 162 valence electrons. The molecule has 0 saturated heterocycles. The highest BCUT2D eigenvalue weighted by atomic mass is 35.5. The van der Waals surface area contributed by atoms with Gasteiger partial charge in [-0.3, -0.25) is 4.79 Å². The highest BCUT2D eigenvalue weighted by Gasteiger charge is 2.27. The fourth-order valence-electron chi connectivity index (χ4n) is 3.52. The van der Waals surface area contributed by atoms with Gasteiger partial charge in [0, 0.05) is 16.3 Å². The van der Waals surface area contributed by atoms with Crippen molar-refractivity contribution < 1.29 is 19.1 Å². The number of nitrogens with one attached hydrogen (secondary N) is 1. The molecule has 1 aromatic heterocycles. The largest absolute Gasteiger partial charge is 0.493 e. The van der Waals surface area contributed by atoms with Crippen LogP contribution in [0.2, 0.25) is 5.02 Å². The van der Waals surface area contributed by atoms with Crippen molar-refractivity contribution in [3.05, 3.63) is 44.8 Å². The van der Waals surface area contributed by atoms with Crippen molar-refractivity contribution in [2.45, 2.75) is 58.8 Å². The summed E-state index contributed by atoms with van der Waals surface area (Å²) in [6, 6.07) is 5.47. The Morgan fingerprint density at radius 3 is 2.77 bits per heavy atom. The lowest BCUT2D eigenvalue weighted by molar-refractivity contribution is -0.116. The molecule has 3 rings (SSSR count). The highest BCUT2D eigenvalue weighted by molar-refractivity contribution is 7.17. The number of amides is 1. The minimum absolute atomic E-state index is 0.116. The fourth-order valence-corrected chi connectivity index (χ4v) is 5.04. The Kier molecular flexibility index (Phi) is 8.16. The van der Waals surface area contributed by atoms with E-state index < -0.39 is 0 Å². The first-order chi connectivity index (χ1) is 14.5. The predicted molar refractivity (Wildman–Crippen MR) is 121 cm³/mol. The van der Waals surface area contributed by atoms with Crippen molar-refractivity contribution in [3.63, 3.8) is 0 Å². The van der Waals surface area contributed by atoms with Gasteiger partial charge in [0.25, 0.3) is 0 Å². The number of carbonyl (C=O) groups is 2. The van der Waals surface area contributed by atoms with Crippen LogP contribution in [0.25, 0.3) is 0 Å². The molecule has 0 unspecified atom stereocenters. The van der Waals surface area contributed by atoms with Gasteiger partial charge in [-0.05, 0) is 74.8 Å². The number of carbonyl (C=O) groups excluding carboxylic acids is 2. The van der Waals surface area contributed by atoms with Crippen molar-refractivity contribution in [2.24, 2.45) is 0 Å². The van der Waals surface area contributed by atoms with Crippen LogP contribution in [0, 0.1) is 6.92 Å². The van der Waals surface area contributed by atoms with Gasteiger partial charge >= 0.3 is 5.97 Å². The molecule has 5 nitrogen and oxygen atoms in total. The summed E-state index contributed by atoms with van der Waals surface area (Å²) >= 11 is 7.47. The molecular formula is C23H28ClNO4S. The molecule has 7 heteroatoms. The van der Waals surface area contributed by atoms with Crippen LogP contribution in [0.3, 0.4) is 0 Å². The van der Waals surface area contributed by atoms with Gasteiger partial charge in [0.2, 0.25) is 5.91 Å². The van der Waals surface area contributed by atoms with Gasteiger partial charge in [-0.15, -0.1) is 11.3 Å². The fraction of sp³-hybridized carbons (Fsp3) is 0.478. The molecule has 2 aromatic rings. The Labute approximate surface area is 186 Å². The first kappa shape index (κ1) is 22.6. The molecule has 1 aliphatic rings. The molecule has 1 amide bonds. The minimum atomic E-state index is -0.326. The summed E-state index contributed by atoms with van der Waals surface area (Å²) in [5.41, 5.74) is 2.58. The number of thiophene rings is 1. The monoisotopic (exact) mass is 449 g/mol. The number of aryl methyl sites for hydroxylation is 2. The molecule has 1 aliphatic carbocycles. The van der Waals surface area contributed by atoms with Crippen molar-refractivity contribution in [2.75, 3.05) is 18.5 Å². The topological polar surface area (TPSA) is 64.6 Å². The molecule has 0 atom stereocenters. The van der Waals surface area contributed by atoms with E-state index >= 15 is 0 Å². The van der Waals surface area contributed by atoms with Gasteiger partial charge in [-0.2, -0.15) is 0 Å². The Hall–Kier alpha value is -2.05. The number of fused-ring (bicyclic) bond motifs is 1. The first-order valence-electron chi connectivity index (χ1n) is 10.5. The number of ether oxygens (including phenoxy) is 2. The quantitative estimate of drug-likeness (QED) is 0.379. The number of anilines is 1. The van der Waals surface area contributed by atoms with E-state index in [1.165, 1.54) is 16.2 Å². The van der Waals surface area contributed by atoms with E-state index in [1.54, 1.807) is 6.07 Å². The van der Waals surface area contributed by atoms with E-state index in [4.69, 9.17) is 21.1 Å². The maximum Gasteiger partial charge on any atom is 0.341 e. The van der Waals surface area contributed by atoms with Crippen LogP contribution in [0.4, 0.5) is 5.00 Å². The van der Waals surface area contributed by atoms with Gasteiger partial charge in [0.05, 0.1) is 18.8 Å². The summed E-state index contributed by atoms with van der Waals surface area (Å²) < 4.78 is 11.1. The third-order valence-electron chi connectivity index (χ3n) is 5.01. The van der Waals surface area contributed by atoms with Crippen LogP contribution in [0.15, 0.2) is 18.2 Å².